The summed E-state index contributed by atoms with van der Waals surface area (Å²) in [5, 5.41) is 9.22. The van der Waals surface area contributed by atoms with Crippen LogP contribution in [0.1, 0.15) is 33.6 Å². The average Bonchev–Trinajstić information content (AvgIpc) is 2.90. The second kappa shape index (κ2) is 5.08. The lowest BCUT2D eigenvalue weighted by Gasteiger charge is -2.28. The summed E-state index contributed by atoms with van der Waals surface area (Å²) < 4.78 is 33.9. The molecular weight excluding hydrogens is 288 g/mol. The number of ether oxygens (including phenoxy) is 2. The third kappa shape index (κ3) is 3.25. The Labute approximate surface area is 121 Å². The van der Waals surface area contributed by atoms with Gasteiger partial charge in [-0.2, -0.15) is 8.78 Å². The van der Waals surface area contributed by atoms with Crippen LogP contribution in [0.5, 0.6) is 0 Å². The van der Waals surface area contributed by atoms with Crippen molar-refractivity contribution in [2.75, 3.05) is 6.61 Å². The van der Waals surface area contributed by atoms with E-state index in [-0.39, 0.29) is 13.0 Å². The lowest BCUT2D eigenvalue weighted by molar-refractivity contribution is -0.144. The summed E-state index contributed by atoms with van der Waals surface area (Å²) in [5.41, 5.74) is -1.43. The molecule has 21 heavy (non-hydrogen) atoms. The molecule has 0 radical (unpaired) electrons. The standard InChI is InChI=1S/C13H19F2NO5/c1-12(2,3)21-11(19)16-7(9(17)18)4-13(5-8(13)16)6-20-10(14)15/h7-8,10H,4-6H2,1-3H3,(H,17,18)/t7-,8+,13-/m0/s1. The van der Waals surface area contributed by atoms with Crippen LogP contribution in [0.4, 0.5) is 13.6 Å². The third-order valence-electron chi connectivity index (χ3n) is 3.80. The molecule has 0 spiro atoms. The smallest absolute Gasteiger partial charge is 0.411 e. The summed E-state index contributed by atoms with van der Waals surface area (Å²) in [7, 11) is 0. The quantitative estimate of drug-likeness (QED) is 0.860. The molecule has 8 heteroatoms. The van der Waals surface area contributed by atoms with E-state index in [1.54, 1.807) is 20.8 Å². The summed E-state index contributed by atoms with van der Waals surface area (Å²) in [6.07, 6.45) is -0.154. The number of carbonyl (C=O) groups excluding carboxylic acids is 1. The first kappa shape index (κ1) is 15.9. The molecule has 1 amide bonds. The Morgan fingerprint density at radius 2 is 2.00 bits per heavy atom. The van der Waals surface area contributed by atoms with E-state index in [9.17, 15) is 23.5 Å². The Balaban J connectivity index is 2.10. The second-order valence-corrected chi connectivity index (χ2v) is 6.60. The highest BCUT2D eigenvalue weighted by atomic mass is 19.3. The average molecular weight is 307 g/mol. The van der Waals surface area contributed by atoms with Gasteiger partial charge in [-0.25, -0.2) is 9.59 Å². The number of amides is 1. The number of aliphatic carboxylic acids is 1. The van der Waals surface area contributed by atoms with Crippen LogP contribution in [0.15, 0.2) is 0 Å². The fraction of sp³-hybridized carbons (Fsp3) is 0.846. The number of alkyl halides is 2. The first-order valence-electron chi connectivity index (χ1n) is 6.70. The van der Waals surface area contributed by atoms with Gasteiger partial charge in [0.1, 0.15) is 11.6 Å². The molecule has 1 aliphatic heterocycles. The number of nitrogens with zero attached hydrogens (tertiary/aromatic N) is 1. The van der Waals surface area contributed by atoms with Crippen molar-refractivity contribution >= 4 is 12.1 Å². The molecule has 0 aromatic carbocycles. The van der Waals surface area contributed by atoms with Gasteiger partial charge in [-0.3, -0.25) is 4.90 Å². The molecule has 1 saturated heterocycles. The molecular formula is C13H19F2NO5. The van der Waals surface area contributed by atoms with E-state index in [0.29, 0.717) is 6.42 Å². The molecule has 0 aromatic heterocycles. The highest BCUT2D eigenvalue weighted by Gasteiger charge is 2.68. The zero-order chi connectivity index (χ0) is 16.0. The van der Waals surface area contributed by atoms with E-state index in [0.717, 1.165) is 4.90 Å². The maximum atomic E-state index is 12.2. The first-order chi connectivity index (χ1) is 9.56. The zero-order valence-electron chi connectivity index (χ0n) is 12.1. The van der Waals surface area contributed by atoms with Crippen LogP contribution in [0, 0.1) is 5.41 Å². The third-order valence-corrected chi connectivity index (χ3v) is 3.80. The van der Waals surface area contributed by atoms with Gasteiger partial charge < -0.3 is 14.6 Å². The fourth-order valence-corrected chi connectivity index (χ4v) is 2.86. The topological polar surface area (TPSA) is 76.1 Å². The molecule has 1 heterocycles. The minimum atomic E-state index is -2.90. The van der Waals surface area contributed by atoms with Crippen molar-refractivity contribution in [3.8, 4) is 0 Å². The minimum Gasteiger partial charge on any atom is -0.480 e. The lowest BCUT2D eigenvalue weighted by atomic mass is 10.0. The van der Waals surface area contributed by atoms with Gasteiger partial charge in [0.05, 0.1) is 6.61 Å². The van der Waals surface area contributed by atoms with Gasteiger partial charge in [0.15, 0.2) is 0 Å². The van der Waals surface area contributed by atoms with Crippen LogP contribution >= 0.6 is 0 Å². The Bertz CT molecular complexity index is 450. The van der Waals surface area contributed by atoms with Crippen LogP contribution < -0.4 is 0 Å². The van der Waals surface area contributed by atoms with Gasteiger partial charge in [0, 0.05) is 11.5 Å². The maximum Gasteiger partial charge on any atom is 0.411 e. The number of rotatable bonds is 4. The maximum absolute atomic E-state index is 12.2. The zero-order valence-corrected chi connectivity index (χ0v) is 12.1. The number of hydrogen-bond donors (Lipinski definition) is 1. The molecule has 0 bridgehead atoms. The SMILES string of the molecule is CC(C)(C)OC(=O)N1[C@H](C(=O)O)C[C@@]2(COC(F)F)C[C@@H]12. The largest absolute Gasteiger partial charge is 0.480 e. The van der Waals surface area contributed by atoms with Gasteiger partial charge in [0.25, 0.3) is 0 Å². The Morgan fingerprint density at radius 3 is 2.48 bits per heavy atom. The van der Waals surface area contributed by atoms with Crippen molar-refractivity contribution in [3.63, 3.8) is 0 Å². The molecule has 1 N–H and O–H groups in total. The van der Waals surface area contributed by atoms with Gasteiger partial charge >= 0.3 is 18.7 Å². The highest BCUT2D eigenvalue weighted by molar-refractivity contribution is 5.82. The van der Waals surface area contributed by atoms with Crippen molar-refractivity contribution in [3.05, 3.63) is 0 Å². The predicted octanol–water partition coefficient (Wildman–Crippen LogP) is 2.08. The number of likely N-dealkylation sites (tertiary alicyclic amines) is 1. The number of carboxylic acids is 1. The molecule has 0 unspecified atom stereocenters. The van der Waals surface area contributed by atoms with Crippen LogP contribution in [0.3, 0.4) is 0 Å². The summed E-state index contributed by atoms with van der Waals surface area (Å²) >= 11 is 0. The minimum absolute atomic E-state index is 0.110. The number of carbonyl (C=O) groups is 2. The summed E-state index contributed by atoms with van der Waals surface area (Å²) in [6.45, 7) is 1.88. The normalized spacial score (nSPS) is 31.2. The fourth-order valence-electron chi connectivity index (χ4n) is 2.86. The number of piperidine rings is 1. The second-order valence-electron chi connectivity index (χ2n) is 6.60. The molecule has 2 aliphatic rings. The Morgan fingerprint density at radius 1 is 1.38 bits per heavy atom. The molecule has 120 valence electrons. The van der Waals surface area contributed by atoms with Crippen LogP contribution in [-0.2, 0) is 14.3 Å². The summed E-state index contributed by atoms with van der Waals surface area (Å²) in [4.78, 5) is 24.6. The van der Waals surface area contributed by atoms with E-state index < -0.39 is 41.8 Å². The number of halogens is 2. The molecule has 1 aliphatic carbocycles. The van der Waals surface area contributed by atoms with Crippen LogP contribution in [0.2, 0.25) is 0 Å². The number of carboxylic acid groups (broad SMARTS) is 1. The van der Waals surface area contributed by atoms with E-state index in [1.165, 1.54) is 0 Å². The Kier molecular flexibility index (Phi) is 3.86. The van der Waals surface area contributed by atoms with E-state index in [2.05, 4.69) is 4.74 Å². The summed E-state index contributed by atoms with van der Waals surface area (Å²) in [5.74, 6) is -1.16. The van der Waals surface area contributed by atoms with Crippen LogP contribution in [0.25, 0.3) is 0 Å². The molecule has 2 rings (SSSR count). The molecule has 0 aromatic rings. The number of fused-ring (bicyclic) bond motifs is 1. The van der Waals surface area contributed by atoms with Gasteiger partial charge in [-0.05, 0) is 33.6 Å². The molecule has 3 atom stereocenters. The van der Waals surface area contributed by atoms with Crippen LogP contribution in [-0.4, -0.2) is 53.0 Å². The monoisotopic (exact) mass is 307 g/mol. The summed E-state index contributed by atoms with van der Waals surface area (Å²) in [6, 6.07) is -1.47. The van der Waals surface area contributed by atoms with E-state index in [1.807, 2.05) is 0 Å². The molecule has 6 nitrogen and oxygen atoms in total. The van der Waals surface area contributed by atoms with Crippen molar-refractivity contribution in [2.45, 2.75) is 57.9 Å². The molecule has 2 fully saturated rings. The van der Waals surface area contributed by atoms with Crippen molar-refractivity contribution in [1.29, 1.82) is 0 Å². The Hall–Kier alpha value is -1.44. The van der Waals surface area contributed by atoms with Crippen molar-refractivity contribution in [1.82, 2.24) is 4.90 Å². The molecule has 1 saturated carbocycles. The van der Waals surface area contributed by atoms with Gasteiger partial charge in [-0.1, -0.05) is 0 Å². The van der Waals surface area contributed by atoms with Crippen molar-refractivity contribution < 1.29 is 33.0 Å². The van der Waals surface area contributed by atoms with Gasteiger partial charge in [0.2, 0.25) is 0 Å². The highest BCUT2D eigenvalue weighted by Crippen LogP contribution is 2.60. The first-order valence-corrected chi connectivity index (χ1v) is 6.70. The van der Waals surface area contributed by atoms with E-state index in [4.69, 9.17) is 4.74 Å². The van der Waals surface area contributed by atoms with E-state index >= 15 is 0 Å². The number of hydrogen-bond acceptors (Lipinski definition) is 4. The lowest BCUT2D eigenvalue weighted by Crippen LogP contribution is -2.45. The van der Waals surface area contributed by atoms with Crippen molar-refractivity contribution in [2.24, 2.45) is 5.41 Å². The van der Waals surface area contributed by atoms with Gasteiger partial charge in [-0.15, -0.1) is 0 Å². The predicted molar refractivity (Wildman–Crippen MR) is 66.9 cm³/mol.